The highest BCUT2D eigenvalue weighted by Crippen LogP contribution is 2.19. The van der Waals surface area contributed by atoms with Gasteiger partial charge in [0.2, 0.25) is 23.4 Å². The first-order valence-electron chi connectivity index (χ1n) is 9.50. The minimum atomic E-state index is -0.200. The Labute approximate surface area is 182 Å². The van der Waals surface area contributed by atoms with Crippen LogP contribution in [0.5, 0.6) is 0 Å². The van der Waals surface area contributed by atoms with Crippen LogP contribution in [-0.4, -0.2) is 31.4 Å². The standard InChI is InChI=1S/C22H18ClN5O3/c1-28-13-12-24-22(28)20(30)14-4-8-17(9-5-14)25-18(29)10-11-19-26-21(27-31-19)15-2-6-16(23)7-3-15/h2-9,12-13H,10-11H2,1H3,(H,25,29). The Kier molecular flexibility index (Phi) is 5.90. The van der Waals surface area contributed by atoms with Crippen LogP contribution in [0.25, 0.3) is 11.4 Å². The van der Waals surface area contributed by atoms with Gasteiger partial charge in [-0.15, -0.1) is 0 Å². The maximum absolute atomic E-state index is 12.4. The number of anilines is 1. The van der Waals surface area contributed by atoms with Crippen LogP contribution in [0.15, 0.2) is 65.4 Å². The summed E-state index contributed by atoms with van der Waals surface area (Å²) in [7, 11) is 1.76. The maximum atomic E-state index is 12.4. The molecule has 156 valence electrons. The predicted octanol–water partition coefficient (Wildman–Crippen LogP) is 3.93. The van der Waals surface area contributed by atoms with Crippen LogP contribution in [0.1, 0.15) is 28.5 Å². The lowest BCUT2D eigenvalue weighted by Crippen LogP contribution is -2.13. The van der Waals surface area contributed by atoms with E-state index in [0.717, 1.165) is 5.56 Å². The van der Waals surface area contributed by atoms with Gasteiger partial charge in [-0.2, -0.15) is 4.98 Å². The first kappa shape index (κ1) is 20.5. The first-order chi connectivity index (χ1) is 15.0. The number of aromatic nitrogens is 4. The quantitative estimate of drug-likeness (QED) is 0.441. The number of benzene rings is 2. The number of rotatable bonds is 7. The fourth-order valence-corrected chi connectivity index (χ4v) is 3.06. The van der Waals surface area contributed by atoms with E-state index in [0.29, 0.717) is 40.2 Å². The van der Waals surface area contributed by atoms with Crippen molar-refractivity contribution in [2.24, 2.45) is 7.05 Å². The molecule has 0 atom stereocenters. The minimum Gasteiger partial charge on any atom is -0.339 e. The highest BCUT2D eigenvalue weighted by Gasteiger charge is 2.14. The second kappa shape index (κ2) is 8.93. The Hall–Kier alpha value is -3.78. The van der Waals surface area contributed by atoms with E-state index >= 15 is 0 Å². The highest BCUT2D eigenvalue weighted by atomic mass is 35.5. The summed E-state index contributed by atoms with van der Waals surface area (Å²) >= 11 is 5.88. The monoisotopic (exact) mass is 435 g/mol. The van der Waals surface area contributed by atoms with Crippen LogP contribution in [0.4, 0.5) is 5.69 Å². The SMILES string of the molecule is Cn1ccnc1C(=O)c1ccc(NC(=O)CCc2nc(-c3ccc(Cl)cc3)no2)cc1. The highest BCUT2D eigenvalue weighted by molar-refractivity contribution is 6.30. The van der Waals surface area contributed by atoms with Crippen molar-refractivity contribution in [1.82, 2.24) is 19.7 Å². The smallest absolute Gasteiger partial charge is 0.228 e. The Bertz CT molecular complexity index is 1210. The van der Waals surface area contributed by atoms with E-state index < -0.39 is 0 Å². The summed E-state index contributed by atoms with van der Waals surface area (Å²) < 4.78 is 6.88. The van der Waals surface area contributed by atoms with E-state index in [9.17, 15) is 9.59 Å². The average Bonchev–Trinajstić information content (AvgIpc) is 3.42. The molecular weight excluding hydrogens is 418 g/mol. The van der Waals surface area contributed by atoms with Crippen molar-refractivity contribution in [2.75, 3.05) is 5.32 Å². The molecule has 2 heterocycles. The molecule has 1 amide bonds. The fourth-order valence-electron chi connectivity index (χ4n) is 2.94. The number of ketones is 1. The number of carbonyl (C=O) groups is 2. The molecule has 4 rings (SSSR count). The number of aryl methyl sites for hydroxylation is 2. The maximum Gasteiger partial charge on any atom is 0.228 e. The molecule has 0 spiro atoms. The van der Waals surface area contributed by atoms with Gasteiger partial charge >= 0.3 is 0 Å². The molecule has 0 saturated carbocycles. The first-order valence-corrected chi connectivity index (χ1v) is 9.88. The zero-order valence-corrected chi connectivity index (χ0v) is 17.3. The van der Waals surface area contributed by atoms with Crippen LogP contribution in [0.3, 0.4) is 0 Å². The molecule has 8 nitrogen and oxygen atoms in total. The number of hydrogen-bond acceptors (Lipinski definition) is 6. The molecule has 4 aromatic rings. The Morgan fingerprint density at radius 2 is 1.84 bits per heavy atom. The van der Waals surface area contributed by atoms with Gasteiger partial charge in [0.05, 0.1) is 0 Å². The molecule has 1 N–H and O–H groups in total. The molecule has 0 bridgehead atoms. The third-order valence-electron chi connectivity index (χ3n) is 4.59. The van der Waals surface area contributed by atoms with Crippen molar-refractivity contribution >= 4 is 29.0 Å². The molecule has 31 heavy (non-hydrogen) atoms. The van der Waals surface area contributed by atoms with Crippen LogP contribution in [0.2, 0.25) is 5.02 Å². The summed E-state index contributed by atoms with van der Waals surface area (Å²) in [6.07, 6.45) is 3.77. The van der Waals surface area contributed by atoms with Gasteiger partial charge in [-0.05, 0) is 48.5 Å². The number of nitrogens with zero attached hydrogens (tertiary/aromatic N) is 4. The molecule has 0 fully saturated rings. The van der Waals surface area contributed by atoms with Crippen molar-refractivity contribution in [3.63, 3.8) is 0 Å². The van der Waals surface area contributed by atoms with E-state index in [4.69, 9.17) is 16.1 Å². The van der Waals surface area contributed by atoms with Gasteiger partial charge in [0, 0.05) is 54.1 Å². The van der Waals surface area contributed by atoms with E-state index in [2.05, 4.69) is 20.4 Å². The van der Waals surface area contributed by atoms with Gasteiger partial charge in [-0.3, -0.25) is 9.59 Å². The second-order valence-electron chi connectivity index (χ2n) is 6.84. The molecule has 0 aliphatic carbocycles. The average molecular weight is 436 g/mol. The summed E-state index contributed by atoms with van der Waals surface area (Å²) in [6, 6.07) is 13.8. The fraction of sp³-hybridized carbons (Fsp3) is 0.136. The third-order valence-corrected chi connectivity index (χ3v) is 4.84. The van der Waals surface area contributed by atoms with Gasteiger partial charge in [-0.25, -0.2) is 4.98 Å². The molecule has 0 radical (unpaired) electrons. The molecule has 0 saturated heterocycles. The normalized spacial score (nSPS) is 10.8. The Morgan fingerprint density at radius 3 is 2.52 bits per heavy atom. The van der Waals surface area contributed by atoms with Crippen LogP contribution >= 0.6 is 11.6 Å². The lowest BCUT2D eigenvalue weighted by atomic mass is 10.1. The molecule has 2 aromatic carbocycles. The van der Waals surface area contributed by atoms with Crippen molar-refractivity contribution in [2.45, 2.75) is 12.8 Å². The van der Waals surface area contributed by atoms with Crippen LogP contribution in [0, 0.1) is 0 Å². The zero-order chi connectivity index (χ0) is 21.8. The molecule has 0 unspecified atom stereocenters. The largest absolute Gasteiger partial charge is 0.339 e. The molecular formula is C22H18ClN5O3. The number of hydrogen-bond donors (Lipinski definition) is 1. The van der Waals surface area contributed by atoms with Crippen molar-refractivity contribution in [1.29, 1.82) is 0 Å². The number of carbonyl (C=O) groups excluding carboxylic acids is 2. The third kappa shape index (κ3) is 4.87. The van der Waals surface area contributed by atoms with E-state index in [1.165, 1.54) is 0 Å². The van der Waals surface area contributed by atoms with Crippen molar-refractivity contribution in [3.8, 4) is 11.4 Å². The van der Waals surface area contributed by atoms with Crippen LogP contribution < -0.4 is 5.32 Å². The minimum absolute atomic E-state index is 0.177. The lowest BCUT2D eigenvalue weighted by Gasteiger charge is -2.06. The number of imidazole rings is 1. The van der Waals surface area contributed by atoms with E-state index in [-0.39, 0.29) is 18.1 Å². The molecule has 2 aromatic heterocycles. The van der Waals surface area contributed by atoms with Crippen molar-refractivity contribution in [3.05, 3.63) is 83.2 Å². The van der Waals surface area contributed by atoms with Gasteiger partial charge in [0.15, 0.2) is 5.82 Å². The lowest BCUT2D eigenvalue weighted by molar-refractivity contribution is -0.116. The molecule has 0 aliphatic heterocycles. The zero-order valence-electron chi connectivity index (χ0n) is 16.6. The summed E-state index contributed by atoms with van der Waals surface area (Å²) in [6.45, 7) is 0. The topological polar surface area (TPSA) is 103 Å². The molecule has 0 aliphatic rings. The van der Waals surface area contributed by atoms with Gasteiger partial charge < -0.3 is 14.4 Å². The number of amides is 1. The van der Waals surface area contributed by atoms with Crippen molar-refractivity contribution < 1.29 is 14.1 Å². The van der Waals surface area contributed by atoms with E-state index in [1.54, 1.807) is 72.5 Å². The summed E-state index contributed by atoms with van der Waals surface area (Å²) in [5, 5.41) is 7.35. The second-order valence-corrected chi connectivity index (χ2v) is 7.27. The summed E-state index contributed by atoms with van der Waals surface area (Å²) in [5.74, 6) is 0.790. The predicted molar refractivity (Wildman–Crippen MR) is 115 cm³/mol. The molecule has 9 heteroatoms. The van der Waals surface area contributed by atoms with Crippen LogP contribution in [-0.2, 0) is 18.3 Å². The Morgan fingerprint density at radius 1 is 1.10 bits per heavy atom. The summed E-state index contributed by atoms with van der Waals surface area (Å²) in [4.78, 5) is 33.1. The number of nitrogens with one attached hydrogen (secondary N) is 1. The van der Waals surface area contributed by atoms with Gasteiger partial charge in [0.25, 0.3) is 0 Å². The van der Waals surface area contributed by atoms with Gasteiger partial charge in [0.1, 0.15) is 0 Å². The van der Waals surface area contributed by atoms with Gasteiger partial charge in [-0.1, -0.05) is 16.8 Å². The summed E-state index contributed by atoms with van der Waals surface area (Å²) in [5.41, 5.74) is 1.87. The number of halogens is 1. The van der Waals surface area contributed by atoms with E-state index in [1.807, 2.05) is 0 Å². The Balaban J connectivity index is 1.31.